The fourth-order valence-electron chi connectivity index (χ4n) is 4.31. The van der Waals surface area contributed by atoms with Crippen molar-refractivity contribution >= 4 is 50.7 Å². The molecule has 0 aromatic heterocycles. The number of benzene rings is 3. The molecule has 41 heavy (non-hydrogen) atoms. The van der Waals surface area contributed by atoms with Crippen molar-refractivity contribution in [3.63, 3.8) is 0 Å². The van der Waals surface area contributed by atoms with Gasteiger partial charge in [-0.2, -0.15) is 0 Å². The van der Waals surface area contributed by atoms with E-state index < -0.39 is 28.5 Å². The Morgan fingerprint density at radius 3 is 2.07 bits per heavy atom. The molecule has 0 aliphatic carbocycles. The molecule has 0 radical (unpaired) electrons. The van der Waals surface area contributed by atoms with E-state index in [9.17, 15) is 18.0 Å². The predicted molar refractivity (Wildman–Crippen MR) is 163 cm³/mol. The second-order valence-electron chi connectivity index (χ2n) is 9.29. The van der Waals surface area contributed by atoms with Crippen molar-refractivity contribution < 1.29 is 22.7 Å². The summed E-state index contributed by atoms with van der Waals surface area (Å²) < 4.78 is 34.5. The fraction of sp³-hybridized carbons (Fsp3) is 0.333. The Labute approximate surface area is 252 Å². The van der Waals surface area contributed by atoms with Crippen LogP contribution in [0.1, 0.15) is 38.3 Å². The first-order valence-electron chi connectivity index (χ1n) is 13.4. The molecule has 0 saturated carbocycles. The topological polar surface area (TPSA) is 96.0 Å². The van der Waals surface area contributed by atoms with Gasteiger partial charge < -0.3 is 15.0 Å². The number of aryl methyl sites for hydroxylation is 1. The van der Waals surface area contributed by atoms with E-state index in [4.69, 9.17) is 27.9 Å². The molecule has 0 saturated heterocycles. The smallest absolute Gasteiger partial charge is 0.264 e. The molecule has 8 nitrogen and oxygen atoms in total. The fourth-order valence-corrected chi connectivity index (χ4v) is 6.24. The SMILES string of the molecule is CCNC(=O)[C@H](CC)N(Cc1c(Cl)cccc1Cl)C(=O)CN(c1ccc(C)cc1)S(=O)(=O)c1ccc(OCC)cc1. The minimum absolute atomic E-state index is 0.00852. The average Bonchev–Trinajstić information content (AvgIpc) is 2.94. The molecule has 0 fully saturated rings. The summed E-state index contributed by atoms with van der Waals surface area (Å²) in [5.74, 6) is -0.420. The zero-order valence-corrected chi connectivity index (χ0v) is 25.9. The van der Waals surface area contributed by atoms with Gasteiger partial charge in [0, 0.05) is 28.7 Å². The first kappa shape index (κ1) is 32.2. The lowest BCUT2D eigenvalue weighted by molar-refractivity contribution is -0.140. The van der Waals surface area contributed by atoms with E-state index in [0.29, 0.717) is 40.2 Å². The molecule has 11 heteroatoms. The van der Waals surface area contributed by atoms with Gasteiger partial charge in [-0.1, -0.05) is 53.9 Å². The number of halogens is 2. The maximum absolute atomic E-state index is 14.1. The van der Waals surface area contributed by atoms with Crippen LogP contribution in [0.15, 0.2) is 71.6 Å². The first-order chi connectivity index (χ1) is 19.5. The predicted octanol–water partition coefficient (Wildman–Crippen LogP) is 5.84. The second kappa shape index (κ2) is 14.6. The molecule has 3 aromatic carbocycles. The summed E-state index contributed by atoms with van der Waals surface area (Å²) in [6.45, 7) is 7.44. The maximum atomic E-state index is 14.1. The van der Waals surface area contributed by atoms with Crippen LogP contribution in [0.5, 0.6) is 5.75 Å². The molecule has 0 bridgehead atoms. The summed E-state index contributed by atoms with van der Waals surface area (Å²) in [4.78, 5) is 28.5. The van der Waals surface area contributed by atoms with Crippen molar-refractivity contribution in [1.29, 1.82) is 0 Å². The van der Waals surface area contributed by atoms with Crippen molar-refractivity contribution in [1.82, 2.24) is 10.2 Å². The van der Waals surface area contributed by atoms with Crippen LogP contribution < -0.4 is 14.4 Å². The van der Waals surface area contributed by atoms with Gasteiger partial charge in [-0.3, -0.25) is 13.9 Å². The van der Waals surface area contributed by atoms with Gasteiger partial charge in [-0.25, -0.2) is 8.42 Å². The Morgan fingerprint density at radius 1 is 0.927 bits per heavy atom. The monoisotopic (exact) mass is 619 g/mol. The van der Waals surface area contributed by atoms with Crippen LogP contribution in [0.25, 0.3) is 0 Å². The molecule has 3 aromatic rings. The number of rotatable bonds is 13. The van der Waals surface area contributed by atoms with Crippen molar-refractivity contribution in [3.05, 3.63) is 87.9 Å². The molecule has 0 unspecified atom stereocenters. The third-order valence-electron chi connectivity index (χ3n) is 6.45. The van der Waals surface area contributed by atoms with E-state index in [-0.39, 0.29) is 23.8 Å². The zero-order valence-electron chi connectivity index (χ0n) is 23.6. The van der Waals surface area contributed by atoms with Gasteiger partial charge in [0.05, 0.1) is 17.2 Å². The number of hydrogen-bond donors (Lipinski definition) is 1. The van der Waals surface area contributed by atoms with Gasteiger partial charge in [0.15, 0.2) is 0 Å². The lowest BCUT2D eigenvalue weighted by Gasteiger charge is -2.33. The van der Waals surface area contributed by atoms with Crippen LogP contribution >= 0.6 is 23.2 Å². The minimum atomic E-state index is -4.20. The number of carbonyl (C=O) groups is 2. The molecule has 0 aliphatic heterocycles. The van der Waals surface area contributed by atoms with E-state index >= 15 is 0 Å². The van der Waals surface area contributed by atoms with Crippen molar-refractivity contribution in [2.75, 3.05) is 24.0 Å². The Hall–Kier alpha value is -3.27. The quantitative estimate of drug-likeness (QED) is 0.259. The number of sulfonamides is 1. The molecule has 1 N–H and O–H groups in total. The van der Waals surface area contributed by atoms with E-state index in [1.54, 1.807) is 68.4 Å². The molecule has 0 spiro atoms. The summed E-state index contributed by atoms with van der Waals surface area (Å²) in [5.41, 5.74) is 1.69. The summed E-state index contributed by atoms with van der Waals surface area (Å²) in [7, 11) is -4.20. The largest absolute Gasteiger partial charge is 0.494 e. The summed E-state index contributed by atoms with van der Waals surface area (Å²) in [6, 6.07) is 16.9. The highest BCUT2D eigenvalue weighted by Crippen LogP contribution is 2.29. The Balaban J connectivity index is 2.08. The van der Waals surface area contributed by atoms with Crippen LogP contribution in [0.4, 0.5) is 5.69 Å². The van der Waals surface area contributed by atoms with Gasteiger partial charge in [0.2, 0.25) is 11.8 Å². The summed E-state index contributed by atoms with van der Waals surface area (Å²) in [6.07, 6.45) is 0.288. The normalized spacial score (nSPS) is 12.0. The average molecular weight is 621 g/mol. The zero-order chi connectivity index (χ0) is 30.2. The number of ether oxygens (including phenoxy) is 1. The lowest BCUT2D eigenvalue weighted by Crippen LogP contribution is -2.52. The van der Waals surface area contributed by atoms with Crippen molar-refractivity contribution in [2.24, 2.45) is 0 Å². The van der Waals surface area contributed by atoms with Crippen molar-refractivity contribution in [3.8, 4) is 5.75 Å². The third-order valence-corrected chi connectivity index (χ3v) is 8.95. The van der Waals surface area contributed by atoms with Gasteiger partial charge in [0.1, 0.15) is 18.3 Å². The Kier molecular flexibility index (Phi) is 11.5. The molecule has 3 rings (SSSR count). The number of nitrogens with one attached hydrogen (secondary N) is 1. The molecular weight excluding hydrogens is 585 g/mol. The number of carbonyl (C=O) groups excluding carboxylic acids is 2. The number of hydrogen-bond acceptors (Lipinski definition) is 5. The standard InChI is InChI=1S/C30H35Cl2N3O5S/c1-5-28(30(37)33-6-2)34(19-25-26(31)9-8-10-27(25)32)29(36)20-35(22-13-11-21(4)12-14-22)41(38,39)24-17-15-23(16-18-24)40-7-3/h8-18,28H,5-7,19-20H2,1-4H3,(H,33,37)/t28-/m0/s1. The van der Waals surface area contributed by atoms with Gasteiger partial charge in [0.25, 0.3) is 10.0 Å². The molecule has 220 valence electrons. The maximum Gasteiger partial charge on any atom is 0.264 e. The van der Waals surface area contributed by atoms with Crippen molar-refractivity contribution in [2.45, 2.75) is 51.6 Å². The first-order valence-corrected chi connectivity index (χ1v) is 15.5. The molecule has 0 aliphatic rings. The number of nitrogens with zero attached hydrogens (tertiary/aromatic N) is 2. The van der Waals surface area contributed by atoms with Crippen LogP contribution in [0.2, 0.25) is 10.0 Å². The Morgan fingerprint density at radius 2 is 1.54 bits per heavy atom. The minimum Gasteiger partial charge on any atom is -0.494 e. The van der Waals surface area contributed by atoms with Gasteiger partial charge in [-0.15, -0.1) is 0 Å². The third kappa shape index (κ3) is 7.93. The number of anilines is 1. The van der Waals surface area contributed by atoms with E-state index in [1.165, 1.54) is 17.0 Å². The van der Waals surface area contributed by atoms with E-state index in [0.717, 1.165) is 9.87 Å². The van der Waals surface area contributed by atoms with Crippen LogP contribution in [0.3, 0.4) is 0 Å². The number of likely N-dealkylation sites (N-methyl/N-ethyl adjacent to an activating group) is 1. The van der Waals surface area contributed by atoms with E-state index in [1.807, 2.05) is 13.8 Å². The van der Waals surface area contributed by atoms with Crippen LogP contribution in [-0.2, 0) is 26.2 Å². The molecule has 0 heterocycles. The number of amides is 2. The second-order valence-corrected chi connectivity index (χ2v) is 12.0. The lowest BCUT2D eigenvalue weighted by atomic mass is 10.1. The highest BCUT2D eigenvalue weighted by molar-refractivity contribution is 7.92. The van der Waals surface area contributed by atoms with Crippen LogP contribution in [-0.4, -0.2) is 50.9 Å². The Bertz CT molecular complexity index is 1430. The van der Waals surface area contributed by atoms with E-state index in [2.05, 4.69) is 5.32 Å². The van der Waals surface area contributed by atoms with Gasteiger partial charge in [-0.05, 0) is 75.7 Å². The summed E-state index contributed by atoms with van der Waals surface area (Å²) >= 11 is 12.9. The van der Waals surface area contributed by atoms with Gasteiger partial charge >= 0.3 is 0 Å². The molecular formula is C30H35Cl2N3O5S. The highest BCUT2D eigenvalue weighted by Gasteiger charge is 2.34. The molecule has 1 atom stereocenters. The van der Waals surface area contributed by atoms with Crippen LogP contribution in [0, 0.1) is 6.92 Å². The summed E-state index contributed by atoms with van der Waals surface area (Å²) in [5, 5.41) is 3.43. The highest BCUT2D eigenvalue weighted by atomic mass is 35.5. The molecule has 2 amide bonds.